The van der Waals surface area contributed by atoms with E-state index in [1.165, 1.54) is 6.42 Å². The maximum absolute atomic E-state index is 3.32. The fraction of sp³-hybridized carbons (Fsp3) is 1.00. The Morgan fingerprint density at radius 2 is 1.15 bits per heavy atom. The lowest BCUT2D eigenvalue weighted by Gasteiger charge is -2.04. The third-order valence-electron chi connectivity index (χ3n) is 2.83. The summed E-state index contributed by atoms with van der Waals surface area (Å²) < 4.78 is 0. The van der Waals surface area contributed by atoms with E-state index in [1.54, 1.807) is 0 Å². The van der Waals surface area contributed by atoms with Crippen molar-refractivity contribution in [3.63, 3.8) is 0 Å². The molecule has 0 aromatic heterocycles. The van der Waals surface area contributed by atoms with Gasteiger partial charge in [-0.05, 0) is 34.1 Å². The van der Waals surface area contributed by atoms with Crippen LogP contribution in [0.2, 0.25) is 0 Å². The lowest BCUT2D eigenvalue weighted by atomic mass is 10.3. The van der Waals surface area contributed by atoms with Gasteiger partial charge in [-0.15, -0.1) is 0 Å². The van der Waals surface area contributed by atoms with Crippen LogP contribution in [-0.4, -0.2) is 34.4 Å². The van der Waals surface area contributed by atoms with E-state index in [0.29, 0.717) is 0 Å². The van der Waals surface area contributed by atoms with Crippen molar-refractivity contribution >= 4 is 0 Å². The molecule has 0 amide bonds. The average molecular weight is 184 g/mol. The Morgan fingerprint density at radius 3 is 1.38 bits per heavy atom. The summed E-state index contributed by atoms with van der Waals surface area (Å²) in [6.45, 7) is 11.1. The molecule has 76 valence electrons. The summed E-state index contributed by atoms with van der Waals surface area (Å²) in [4.78, 5) is 0. The van der Waals surface area contributed by atoms with Crippen LogP contribution in [0.15, 0.2) is 0 Å². The first-order valence-electron chi connectivity index (χ1n) is 5.03. The number of hydrogen-bond acceptors (Lipinski definition) is 4. The van der Waals surface area contributed by atoms with Crippen molar-refractivity contribution in [2.75, 3.05) is 13.1 Å². The van der Waals surface area contributed by atoms with Gasteiger partial charge in [0.1, 0.15) is 0 Å². The molecule has 0 saturated carbocycles. The second-order valence-corrected chi connectivity index (χ2v) is 5.00. The third kappa shape index (κ3) is 2.02. The highest BCUT2D eigenvalue weighted by Gasteiger charge is 2.44. The normalized spacial score (nSPS) is 38.8. The summed E-state index contributed by atoms with van der Waals surface area (Å²) in [5.74, 6) is 0. The van der Waals surface area contributed by atoms with Crippen LogP contribution in [0.3, 0.4) is 0 Å². The number of hydrazine groups is 2. The lowest BCUT2D eigenvalue weighted by Crippen LogP contribution is -2.16. The Balaban J connectivity index is 1.56. The molecule has 2 aliphatic heterocycles. The standard InChI is InChI=1S/C9H20N4/c1-8(2)10-12(8)6-5-7-13-9(3,4)11-13/h10-11H,5-7H2,1-4H3. The van der Waals surface area contributed by atoms with E-state index in [2.05, 4.69) is 48.6 Å². The number of nitrogens with zero attached hydrogens (tertiary/aromatic N) is 2. The molecule has 2 heterocycles. The van der Waals surface area contributed by atoms with Crippen molar-refractivity contribution in [1.29, 1.82) is 0 Å². The minimum absolute atomic E-state index is 0.252. The fourth-order valence-electron chi connectivity index (χ4n) is 1.67. The topological polar surface area (TPSA) is 49.9 Å². The highest BCUT2D eigenvalue weighted by molar-refractivity contribution is 4.91. The molecule has 13 heavy (non-hydrogen) atoms. The van der Waals surface area contributed by atoms with Crippen LogP contribution in [0, 0.1) is 0 Å². The third-order valence-corrected chi connectivity index (χ3v) is 2.83. The Hall–Kier alpha value is -0.160. The van der Waals surface area contributed by atoms with Crippen molar-refractivity contribution in [2.45, 2.75) is 45.4 Å². The molecule has 4 heteroatoms. The molecular formula is C9H20N4. The van der Waals surface area contributed by atoms with E-state index in [4.69, 9.17) is 0 Å². The van der Waals surface area contributed by atoms with Gasteiger partial charge in [0.2, 0.25) is 0 Å². The van der Waals surface area contributed by atoms with Crippen LogP contribution < -0.4 is 10.9 Å². The van der Waals surface area contributed by atoms with Gasteiger partial charge < -0.3 is 0 Å². The molecular weight excluding hydrogens is 164 g/mol. The summed E-state index contributed by atoms with van der Waals surface area (Å²) in [5.41, 5.74) is 7.14. The van der Waals surface area contributed by atoms with Crippen LogP contribution in [0.25, 0.3) is 0 Å². The molecule has 2 fully saturated rings. The molecule has 0 aromatic carbocycles. The molecule has 0 bridgehead atoms. The Kier molecular flexibility index (Phi) is 1.93. The van der Waals surface area contributed by atoms with Gasteiger partial charge in [0.25, 0.3) is 0 Å². The van der Waals surface area contributed by atoms with Gasteiger partial charge in [-0.2, -0.15) is 0 Å². The molecule has 2 rings (SSSR count). The van der Waals surface area contributed by atoms with Crippen LogP contribution in [-0.2, 0) is 0 Å². The summed E-state index contributed by atoms with van der Waals surface area (Å²) in [7, 11) is 0. The highest BCUT2D eigenvalue weighted by Crippen LogP contribution is 2.25. The Labute approximate surface area is 80.2 Å². The molecule has 2 unspecified atom stereocenters. The first-order chi connectivity index (χ1) is 5.92. The first kappa shape index (κ1) is 9.40. The van der Waals surface area contributed by atoms with E-state index < -0.39 is 0 Å². The molecule has 0 spiro atoms. The highest BCUT2D eigenvalue weighted by atomic mass is 15.8. The predicted octanol–water partition coefficient (Wildman–Crippen LogP) is 0.489. The maximum atomic E-state index is 3.32. The lowest BCUT2D eigenvalue weighted by molar-refractivity contribution is 0.368. The van der Waals surface area contributed by atoms with Crippen molar-refractivity contribution in [2.24, 2.45) is 0 Å². The molecule has 0 aliphatic carbocycles. The maximum Gasteiger partial charge on any atom is 0.0918 e. The van der Waals surface area contributed by atoms with E-state index in [9.17, 15) is 0 Å². The summed E-state index contributed by atoms with van der Waals surface area (Å²) in [6.07, 6.45) is 1.22. The van der Waals surface area contributed by atoms with E-state index in [0.717, 1.165) is 13.1 Å². The molecule has 0 radical (unpaired) electrons. The van der Waals surface area contributed by atoms with Crippen LogP contribution in [0.4, 0.5) is 0 Å². The summed E-state index contributed by atoms with van der Waals surface area (Å²) >= 11 is 0. The van der Waals surface area contributed by atoms with Gasteiger partial charge in [0.15, 0.2) is 0 Å². The van der Waals surface area contributed by atoms with Crippen LogP contribution in [0.1, 0.15) is 34.1 Å². The SMILES string of the molecule is CC1(C)NN1CCCN1NC1(C)C. The van der Waals surface area contributed by atoms with E-state index in [-0.39, 0.29) is 11.3 Å². The number of hydrogen-bond donors (Lipinski definition) is 2. The second-order valence-electron chi connectivity index (χ2n) is 5.00. The second kappa shape index (κ2) is 2.67. The quantitative estimate of drug-likeness (QED) is 0.624. The van der Waals surface area contributed by atoms with Crippen molar-refractivity contribution in [3.05, 3.63) is 0 Å². The van der Waals surface area contributed by atoms with Crippen molar-refractivity contribution in [3.8, 4) is 0 Å². The molecule has 4 nitrogen and oxygen atoms in total. The van der Waals surface area contributed by atoms with E-state index in [1.807, 2.05) is 0 Å². The van der Waals surface area contributed by atoms with Gasteiger partial charge in [-0.25, -0.2) is 20.9 Å². The Morgan fingerprint density at radius 1 is 0.846 bits per heavy atom. The smallest absolute Gasteiger partial charge is 0.0918 e. The first-order valence-corrected chi connectivity index (χ1v) is 5.03. The van der Waals surface area contributed by atoms with Gasteiger partial charge >= 0.3 is 0 Å². The van der Waals surface area contributed by atoms with Gasteiger partial charge in [0, 0.05) is 13.1 Å². The zero-order valence-electron chi connectivity index (χ0n) is 9.02. The van der Waals surface area contributed by atoms with Crippen molar-refractivity contribution in [1.82, 2.24) is 20.9 Å². The average Bonchev–Trinajstić information content (AvgIpc) is 2.75. The van der Waals surface area contributed by atoms with Crippen LogP contribution >= 0.6 is 0 Å². The molecule has 2 saturated heterocycles. The molecule has 2 N–H and O–H groups in total. The van der Waals surface area contributed by atoms with Gasteiger partial charge in [-0.1, -0.05) is 0 Å². The number of rotatable bonds is 4. The van der Waals surface area contributed by atoms with Crippen molar-refractivity contribution < 1.29 is 0 Å². The Bertz CT molecular complexity index is 190. The molecule has 0 aromatic rings. The van der Waals surface area contributed by atoms with Crippen LogP contribution in [0.5, 0.6) is 0 Å². The minimum atomic E-state index is 0.252. The zero-order valence-corrected chi connectivity index (χ0v) is 9.02. The van der Waals surface area contributed by atoms with Gasteiger partial charge in [0.05, 0.1) is 11.3 Å². The molecule has 2 atom stereocenters. The summed E-state index contributed by atoms with van der Waals surface area (Å²) in [5, 5.41) is 4.56. The predicted molar refractivity (Wildman–Crippen MR) is 52.5 cm³/mol. The zero-order chi connectivity index (χ0) is 9.69. The largest absolute Gasteiger partial charge is 0.233 e. The minimum Gasteiger partial charge on any atom is -0.233 e. The number of nitrogens with one attached hydrogen (secondary N) is 2. The molecule has 2 aliphatic rings. The van der Waals surface area contributed by atoms with Gasteiger partial charge in [-0.3, -0.25) is 0 Å². The monoisotopic (exact) mass is 184 g/mol. The fourth-order valence-corrected chi connectivity index (χ4v) is 1.67. The summed E-state index contributed by atoms with van der Waals surface area (Å²) in [6, 6.07) is 0. The van der Waals surface area contributed by atoms with E-state index >= 15 is 0 Å².